The molecule has 0 radical (unpaired) electrons. The lowest BCUT2D eigenvalue weighted by Crippen LogP contribution is -2.43. The van der Waals surface area contributed by atoms with Gasteiger partial charge in [0.05, 0.1) is 22.9 Å². The minimum Gasteiger partial charge on any atom is -0.462 e. The molecule has 0 spiro atoms. The summed E-state index contributed by atoms with van der Waals surface area (Å²) in [6, 6.07) is 7.39. The molecule has 12 heteroatoms. The summed E-state index contributed by atoms with van der Waals surface area (Å²) in [4.78, 5) is 50.9. The van der Waals surface area contributed by atoms with Gasteiger partial charge in [-0.15, -0.1) is 0 Å². The summed E-state index contributed by atoms with van der Waals surface area (Å²) in [5, 5.41) is 11.1. The van der Waals surface area contributed by atoms with Gasteiger partial charge in [0.15, 0.2) is 12.1 Å². The standard InChI is InChI=1S/C21H17ClFN5O5/c1-2-33-21(32)11-4-3-5-12(8-11)24-16(29)10-27-18-17(25-26-27)19(30)28(20(18)31)13-6-7-15(23)14(22)9-13/h3-9,17-18H,2,10H2,1H3,(H,24,29)/t17-,18+/m0/s1. The number of anilines is 2. The first kappa shape index (κ1) is 22.3. The second-order valence-electron chi connectivity index (χ2n) is 7.15. The van der Waals surface area contributed by atoms with Crippen LogP contribution >= 0.6 is 11.6 Å². The summed E-state index contributed by atoms with van der Waals surface area (Å²) in [5.74, 6) is -3.07. The molecule has 10 nitrogen and oxygen atoms in total. The Morgan fingerprint density at radius 1 is 1.18 bits per heavy atom. The molecule has 1 fully saturated rings. The van der Waals surface area contributed by atoms with Gasteiger partial charge in [0.2, 0.25) is 5.91 Å². The fourth-order valence-corrected chi connectivity index (χ4v) is 3.69. The van der Waals surface area contributed by atoms with Crippen LogP contribution in [0.1, 0.15) is 17.3 Å². The zero-order valence-corrected chi connectivity index (χ0v) is 18.0. The molecule has 1 saturated heterocycles. The van der Waals surface area contributed by atoms with Gasteiger partial charge < -0.3 is 10.1 Å². The zero-order valence-electron chi connectivity index (χ0n) is 17.2. The molecule has 2 atom stereocenters. The number of rotatable bonds is 6. The highest BCUT2D eigenvalue weighted by atomic mass is 35.5. The number of amides is 3. The highest BCUT2D eigenvalue weighted by molar-refractivity contribution is 6.32. The second kappa shape index (κ2) is 8.94. The lowest BCUT2D eigenvalue weighted by Gasteiger charge is -2.20. The fraction of sp³-hybridized carbons (Fsp3) is 0.238. The van der Waals surface area contributed by atoms with Crippen molar-refractivity contribution in [3.63, 3.8) is 0 Å². The number of imide groups is 1. The summed E-state index contributed by atoms with van der Waals surface area (Å²) < 4.78 is 18.4. The lowest BCUT2D eigenvalue weighted by molar-refractivity contribution is -0.123. The normalized spacial score (nSPS) is 19.1. The third-order valence-corrected chi connectivity index (χ3v) is 5.27. The summed E-state index contributed by atoms with van der Waals surface area (Å²) in [6.45, 7) is 1.53. The van der Waals surface area contributed by atoms with Gasteiger partial charge in [-0.3, -0.25) is 19.4 Å². The predicted molar refractivity (Wildman–Crippen MR) is 114 cm³/mol. The molecule has 0 aliphatic carbocycles. The van der Waals surface area contributed by atoms with Crippen molar-refractivity contribution in [3.8, 4) is 0 Å². The van der Waals surface area contributed by atoms with Gasteiger partial charge in [-0.1, -0.05) is 22.9 Å². The zero-order chi connectivity index (χ0) is 23.7. The van der Waals surface area contributed by atoms with E-state index in [1.54, 1.807) is 25.1 Å². The van der Waals surface area contributed by atoms with E-state index in [-0.39, 0.29) is 29.4 Å². The highest BCUT2D eigenvalue weighted by Gasteiger charge is 2.55. The monoisotopic (exact) mass is 473 g/mol. The molecular formula is C21H17ClFN5O5. The van der Waals surface area contributed by atoms with E-state index in [0.29, 0.717) is 5.69 Å². The molecule has 2 aliphatic heterocycles. The minimum atomic E-state index is -1.12. The molecule has 0 saturated carbocycles. The van der Waals surface area contributed by atoms with Gasteiger partial charge in [-0.2, -0.15) is 5.11 Å². The number of nitrogens with zero attached hydrogens (tertiary/aromatic N) is 4. The number of esters is 1. The van der Waals surface area contributed by atoms with Crippen LogP contribution in [0.4, 0.5) is 15.8 Å². The largest absolute Gasteiger partial charge is 0.462 e. The number of ether oxygens (including phenoxy) is 1. The van der Waals surface area contributed by atoms with E-state index in [1.165, 1.54) is 18.2 Å². The first-order chi connectivity index (χ1) is 15.8. The molecule has 1 N–H and O–H groups in total. The van der Waals surface area contributed by atoms with Crippen molar-refractivity contribution in [1.82, 2.24) is 5.01 Å². The Bertz CT molecular complexity index is 1190. The van der Waals surface area contributed by atoms with Crippen LogP contribution in [0.15, 0.2) is 52.8 Å². The quantitative estimate of drug-likeness (QED) is 0.508. The van der Waals surface area contributed by atoms with E-state index in [0.717, 1.165) is 16.0 Å². The number of hydrogen-bond donors (Lipinski definition) is 1. The lowest BCUT2D eigenvalue weighted by atomic mass is 10.1. The first-order valence-corrected chi connectivity index (χ1v) is 10.2. The Morgan fingerprint density at radius 3 is 2.70 bits per heavy atom. The molecule has 2 aromatic rings. The third-order valence-electron chi connectivity index (χ3n) is 4.98. The molecule has 33 heavy (non-hydrogen) atoms. The highest BCUT2D eigenvalue weighted by Crippen LogP contribution is 2.33. The van der Waals surface area contributed by atoms with Crippen LogP contribution in [-0.4, -0.2) is 53.9 Å². The summed E-state index contributed by atoms with van der Waals surface area (Å²) in [7, 11) is 0. The smallest absolute Gasteiger partial charge is 0.338 e. The van der Waals surface area contributed by atoms with Crippen LogP contribution < -0.4 is 10.2 Å². The van der Waals surface area contributed by atoms with Crippen molar-refractivity contribution in [1.29, 1.82) is 0 Å². The number of benzene rings is 2. The maximum atomic E-state index is 13.5. The van der Waals surface area contributed by atoms with Gasteiger partial charge in [0.1, 0.15) is 12.4 Å². The average Bonchev–Trinajstić information content (AvgIpc) is 3.30. The maximum Gasteiger partial charge on any atom is 0.338 e. The number of carbonyl (C=O) groups excluding carboxylic acids is 4. The maximum absolute atomic E-state index is 13.5. The van der Waals surface area contributed by atoms with E-state index in [4.69, 9.17) is 16.3 Å². The molecule has 2 aromatic carbocycles. The molecule has 2 aliphatic rings. The van der Waals surface area contributed by atoms with Crippen LogP contribution in [0.5, 0.6) is 0 Å². The Labute approximate surface area is 191 Å². The second-order valence-corrected chi connectivity index (χ2v) is 7.56. The van der Waals surface area contributed by atoms with Crippen LogP contribution in [-0.2, 0) is 19.1 Å². The third kappa shape index (κ3) is 4.27. The number of carbonyl (C=O) groups is 4. The van der Waals surface area contributed by atoms with Crippen molar-refractivity contribution in [3.05, 3.63) is 58.9 Å². The Hall–Kier alpha value is -3.86. The summed E-state index contributed by atoms with van der Waals surface area (Å²) >= 11 is 5.77. The molecular weight excluding hydrogens is 457 g/mol. The van der Waals surface area contributed by atoms with E-state index in [2.05, 4.69) is 15.7 Å². The molecule has 170 valence electrons. The van der Waals surface area contributed by atoms with E-state index >= 15 is 0 Å². The molecule has 2 heterocycles. The Balaban J connectivity index is 1.46. The van der Waals surface area contributed by atoms with Crippen molar-refractivity contribution in [2.75, 3.05) is 23.4 Å². The molecule has 4 rings (SSSR count). The van der Waals surface area contributed by atoms with E-state index < -0.39 is 41.6 Å². The fourth-order valence-electron chi connectivity index (χ4n) is 3.52. The van der Waals surface area contributed by atoms with Gasteiger partial charge in [-0.05, 0) is 43.3 Å². The predicted octanol–water partition coefficient (Wildman–Crippen LogP) is 2.59. The van der Waals surface area contributed by atoms with Crippen LogP contribution in [0, 0.1) is 5.82 Å². The minimum absolute atomic E-state index is 0.0983. The number of hydrogen-bond acceptors (Lipinski definition) is 8. The van der Waals surface area contributed by atoms with Gasteiger partial charge in [0.25, 0.3) is 11.8 Å². The van der Waals surface area contributed by atoms with E-state index in [1.807, 2.05) is 0 Å². The van der Waals surface area contributed by atoms with Crippen molar-refractivity contribution < 1.29 is 28.3 Å². The van der Waals surface area contributed by atoms with Crippen LogP contribution in [0.25, 0.3) is 0 Å². The number of fused-ring (bicyclic) bond motifs is 1. The average molecular weight is 474 g/mol. The van der Waals surface area contributed by atoms with Gasteiger partial charge >= 0.3 is 5.97 Å². The van der Waals surface area contributed by atoms with Crippen molar-refractivity contribution >= 4 is 46.7 Å². The van der Waals surface area contributed by atoms with Crippen LogP contribution in [0.2, 0.25) is 5.02 Å². The number of halogens is 2. The van der Waals surface area contributed by atoms with Crippen LogP contribution in [0.3, 0.4) is 0 Å². The SMILES string of the molecule is CCOC(=O)c1cccc(NC(=O)CN2N=N[C@@H]3C(=O)N(c4ccc(F)c(Cl)c4)C(=O)[C@@H]32)c1. The van der Waals surface area contributed by atoms with Crippen molar-refractivity contribution in [2.24, 2.45) is 10.3 Å². The molecule has 0 bridgehead atoms. The van der Waals surface area contributed by atoms with Gasteiger partial charge in [0, 0.05) is 5.69 Å². The van der Waals surface area contributed by atoms with Gasteiger partial charge in [-0.25, -0.2) is 14.1 Å². The summed E-state index contributed by atoms with van der Waals surface area (Å²) in [5.41, 5.74) is 0.705. The number of nitrogens with one attached hydrogen (secondary N) is 1. The van der Waals surface area contributed by atoms with E-state index in [9.17, 15) is 23.6 Å². The molecule has 0 unspecified atom stereocenters. The topological polar surface area (TPSA) is 121 Å². The Kier molecular flexibility index (Phi) is 6.05. The Morgan fingerprint density at radius 2 is 1.97 bits per heavy atom. The van der Waals surface area contributed by atoms with Crippen molar-refractivity contribution in [2.45, 2.75) is 19.0 Å². The summed E-state index contributed by atoms with van der Waals surface area (Å²) in [6.07, 6.45) is 0. The molecule has 0 aromatic heterocycles. The molecule has 3 amide bonds. The first-order valence-electron chi connectivity index (χ1n) is 9.87.